The Morgan fingerprint density at radius 1 is 1.32 bits per heavy atom. The first-order chi connectivity index (χ1) is 10.5. The second-order valence-corrected chi connectivity index (χ2v) is 5.48. The molecule has 0 unspecified atom stereocenters. The Balaban J connectivity index is 2.39. The van der Waals surface area contributed by atoms with Crippen LogP contribution in [0.4, 0.5) is 0 Å². The predicted molar refractivity (Wildman–Crippen MR) is 82.5 cm³/mol. The fourth-order valence-electron chi connectivity index (χ4n) is 2.72. The first kappa shape index (κ1) is 16.2. The zero-order valence-corrected chi connectivity index (χ0v) is 13.1. The number of hydrogen-bond donors (Lipinski definition) is 1. The molecule has 0 aliphatic carbocycles. The Morgan fingerprint density at radius 3 is 2.50 bits per heavy atom. The SMILES string of the molecule is COCCCN1C(=O)C(O)=C(C(C)=O)[C@H]1c1ccc(C)cc1. The van der Waals surface area contributed by atoms with Crippen LogP contribution in [0.1, 0.15) is 30.5 Å². The maximum atomic E-state index is 12.3. The van der Waals surface area contributed by atoms with Gasteiger partial charge in [-0.1, -0.05) is 29.8 Å². The highest BCUT2D eigenvalue weighted by Gasteiger charge is 2.41. The first-order valence-corrected chi connectivity index (χ1v) is 7.28. The number of nitrogens with zero attached hydrogens (tertiary/aromatic N) is 1. The number of aliphatic hydroxyl groups excluding tert-OH is 1. The van der Waals surface area contributed by atoms with E-state index < -0.39 is 17.7 Å². The van der Waals surface area contributed by atoms with Crippen LogP contribution in [0.15, 0.2) is 35.6 Å². The summed E-state index contributed by atoms with van der Waals surface area (Å²) in [4.78, 5) is 25.7. The summed E-state index contributed by atoms with van der Waals surface area (Å²) in [6.45, 7) is 4.28. The van der Waals surface area contributed by atoms with E-state index in [1.54, 1.807) is 7.11 Å². The third-order valence-electron chi connectivity index (χ3n) is 3.82. The summed E-state index contributed by atoms with van der Waals surface area (Å²) < 4.78 is 5.01. The number of hydrogen-bond acceptors (Lipinski definition) is 4. The third-order valence-corrected chi connectivity index (χ3v) is 3.82. The van der Waals surface area contributed by atoms with E-state index in [1.807, 2.05) is 31.2 Å². The number of carbonyl (C=O) groups is 2. The summed E-state index contributed by atoms with van der Waals surface area (Å²) in [6.07, 6.45) is 0.642. The van der Waals surface area contributed by atoms with Crippen LogP contribution in [0, 0.1) is 6.92 Å². The van der Waals surface area contributed by atoms with Crippen molar-refractivity contribution in [2.45, 2.75) is 26.3 Å². The van der Waals surface area contributed by atoms with Gasteiger partial charge in [0, 0.05) is 20.3 Å². The fourth-order valence-corrected chi connectivity index (χ4v) is 2.72. The lowest BCUT2D eigenvalue weighted by molar-refractivity contribution is -0.129. The second kappa shape index (κ2) is 6.75. The summed E-state index contributed by atoms with van der Waals surface area (Å²) in [5.41, 5.74) is 2.09. The van der Waals surface area contributed by atoms with Gasteiger partial charge in [-0.2, -0.15) is 0 Å². The van der Waals surface area contributed by atoms with Crippen LogP contribution in [0.3, 0.4) is 0 Å². The van der Waals surface area contributed by atoms with E-state index in [9.17, 15) is 14.7 Å². The van der Waals surface area contributed by atoms with Gasteiger partial charge >= 0.3 is 0 Å². The van der Waals surface area contributed by atoms with Gasteiger partial charge in [-0.15, -0.1) is 0 Å². The van der Waals surface area contributed by atoms with Gasteiger partial charge < -0.3 is 14.7 Å². The van der Waals surface area contributed by atoms with Crippen LogP contribution in [-0.2, 0) is 14.3 Å². The highest BCUT2D eigenvalue weighted by atomic mass is 16.5. The monoisotopic (exact) mass is 303 g/mol. The molecule has 5 heteroatoms. The molecule has 0 saturated carbocycles. The van der Waals surface area contributed by atoms with Crippen molar-refractivity contribution in [3.63, 3.8) is 0 Å². The van der Waals surface area contributed by atoms with E-state index in [4.69, 9.17) is 4.74 Å². The average molecular weight is 303 g/mol. The quantitative estimate of drug-likeness (QED) is 0.819. The number of benzene rings is 1. The van der Waals surface area contributed by atoms with Crippen LogP contribution < -0.4 is 0 Å². The second-order valence-electron chi connectivity index (χ2n) is 5.48. The molecule has 1 aromatic rings. The van der Waals surface area contributed by atoms with Crippen LogP contribution in [-0.4, -0.2) is 42.0 Å². The van der Waals surface area contributed by atoms with Crippen LogP contribution >= 0.6 is 0 Å². The van der Waals surface area contributed by atoms with E-state index in [0.717, 1.165) is 11.1 Å². The van der Waals surface area contributed by atoms with Crippen molar-refractivity contribution in [3.05, 3.63) is 46.7 Å². The van der Waals surface area contributed by atoms with E-state index in [2.05, 4.69) is 0 Å². The molecule has 0 radical (unpaired) electrons. The van der Waals surface area contributed by atoms with Gasteiger partial charge in [-0.25, -0.2) is 0 Å². The van der Waals surface area contributed by atoms with Crippen LogP contribution in [0.2, 0.25) is 0 Å². The first-order valence-electron chi connectivity index (χ1n) is 7.28. The van der Waals surface area contributed by atoms with E-state index in [-0.39, 0.29) is 11.4 Å². The Hall–Kier alpha value is -2.14. The topological polar surface area (TPSA) is 66.8 Å². The molecule has 1 aliphatic rings. The van der Waals surface area contributed by atoms with E-state index in [0.29, 0.717) is 19.6 Å². The molecule has 1 atom stereocenters. The number of ether oxygens (including phenoxy) is 1. The Morgan fingerprint density at radius 2 is 1.95 bits per heavy atom. The highest BCUT2D eigenvalue weighted by molar-refractivity contribution is 6.08. The fraction of sp³-hybridized carbons (Fsp3) is 0.412. The molecule has 0 saturated heterocycles. The number of methoxy groups -OCH3 is 1. The number of ketones is 1. The molecule has 0 fully saturated rings. The molecule has 0 spiro atoms. The number of amides is 1. The number of carbonyl (C=O) groups excluding carboxylic acids is 2. The minimum Gasteiger partial charge on any atom is -0.503 e. The molecule has 1 aromatic carbocycles. The van der Waals surface area contributed by atoms with Gasteiger partial charge in [0.15, 0.2) is 11.5 Å². The summed E-state index contributed by atoms with van der Waals surface area (Å²) in [5.74, 6) is -1.21. The molecular weight excluding hydrogens is 282 g/mol. The minimum atomic E-state index is -0.526. The average Bonchev–Trinajstić information content (AvgIpc) is 2.73. The lowest BCUT2D eigenvalue weighted by atomic mass is 9.96. The lowest BCUT2D eigenvalue weighted by Crippen LogP contribution is -2.32. The maximum Gasteiger partial charge on any atom is 0.290 e. The van der Waals surface area contributed by atoms with Crippen molar-refractivity contribution >= 4 is 11.7 Å². The Labute approximate surface area is 130 Å². The largest absolute Gasteiger partial charge is 0.503 e. The molecule has 118 valence electrons. The van der Waals surface area contributed by atoms with Gasteiger partial charge in [0.05, 0.1) is 11.6 Å². The molecule has 0 aromatic heterocycles. The lowest BCUT2D eigenvalue weighted by Gasteiger charge is -2.26. The van der Waals surface area contributed by atoms with Gasteiger partial charge in [0.2, 0.25) is 0 Å². The summed E-state index contributed by atoms with van der Waals surface area (Å²) in [6, 6.07) is 7.11. The molecule has 1 heterocycles. The zero-order chi connectivity index (χ0) is 16.3. The van der Waals surface area contributed by atoms with Crippen LogP contribution in [0.25, 0.3) is 0 Å². The molecule has 5 nitrogen and oxygen atoms in total. The number of aliphatic hydroxyl groups is 1. The van der Waals surface area contributed by atoms with Crippen molar-refractivity contribution in [2.75, 3.05) is 20.3 Å². The molecule has 22 heavy (non-hydrogen) atoms. The van der Waals surface area contributed by atoms with Gasteiger partial charge in [0.1, 0.15) is 0 Å². The molecule has 1 N–H and O–H groups in total. The molecule has 1 aliphatic heterocycles. The summed E-state index contributed by atoms with van der Waals surface area (Å²) in [5, 5.41) is 10.1. The number of aryl methyl sites for hydroxylation is 1. The maximum absolute atomic E-state index is 12.3. The Bertz CT molecular complexity index is 604. The smallest absolute Gasteiger partial charge is 0.290 e. The van der Waals surface area contributed by atoms with Gasteiger partial charge in [-0.05, 0) is 25.8 Å². The molecular formula is C17H21NO4. The summed E-state index contributed by atoms with van der Waals surface area (Å²) in [7, 11) is 1.60. The van der Waals surface area contributed by atoms with Crippen molar-refractivity contribution in [3.8, 4) is 0 Å². The molecule has 1 amide bonds. The van der Waals surface area contributed by atoms with E-state index >= 15 is 0 Å². The van der Waals surface area contributed by atoms with Crippen molar-refractivity contribution in [1.29, 1.82) is 0 Å². The number of rotatable bonds is 6. The van der Waals surface area contributed by atoms with E-state index in [1.165, 1.54) is 11.8 Å². The van der Waals surface area contributed by atoms with Crippen molar-refractivity contribution < 1.29 is 19.4 Å². The normalized spacial score (nSPS) is 18.2. The van der Waals surface area contributed by atoms with Crippen molar-refractivity contribution in [2.24, 2.45) is 0 Å². The van der Waals surface area contributed by atoms with Gasteiger partial charge in [-0.3, -0.25) is 9.59 Å². The zero-order valence-electron chi connectivity index (χ0n) is 13.1. The van der Waals surface area contributed by atoms with Crippen molar-refractivity contribution in [1.82, 2.24) is 4.90 Å². The predicted octanol–water partition coefficient (Wildman–Crippen LogP) is 2.32. The molecule has 0 bridgehead atoms. The summed E-state index contributed by atoms with van der Waals surface area (Å²) >= 11 is 0. The van der Waals surface area contributed by atoms with Crippen LogP contribution in [0.5, 0.6) is 0 Å². The molecule has 2 rings (SSSR count). The highest BCUT2D eigenvalue weighted by Crippen LogP contribution is 2.37. The Kier molecular flexibility index (Phi) is 4.98. The number of Topliss-reactive ketones (excluding diaryl/α,β-unsaturated/α-hetero) is 1. The third kappa shape index (κ3) is 3.04. The standard InChI is InChI=1S/C17H21NO4/c1-11-5-7-13(8-6-11)15-14(12(2)19)16(20)17(21)18(15)9-4-10-22-3/h5-8,15,20H,4,9-10H2,1-3H3/t15-/m1/s1. The van der Waals surface area contributed by atoms with Gasteiger partial charge in [0.25, 0.3) is 5.91 Å². The minimum absolute atomic E-state index is 0.172.